The lowest BCUT2D eigenvalue weighted by Crippen LogP contribution is -2.37. The van der Waals surface area contributed by atoms with E-state index in [4.69, 9.17) is 32.7 Å². The summed E-state index contributed by atoms with van der Waals surface area (Å²) >= 11 is 11.3. The van der Waals surface area contributed by atoms with Crippen LogP contribution < -0.4 is 20.1 Å². The number of carbonyl (C=O) groups excluding carboxylic acids is 2. The Labute approximate surface area is 183 Å². The van der Waals surface area contributed by atoms with Crippen LogP contribution in [0.5, 0.6) is 11.5 Å². The summed E-state index contributed by atoms with van der Waals surface area (Å²) in [5, 5.41) is 15.5. The number of ether oxygens (including phenoxy) is 2. The van der Waals surface area contributed by atoms with Gasteiger partial charge in [-0.2, -0.15) is 0 Å². The lowest BCUT2D eigenvalue weighted by Gasteiger charge is -2.13. The lowest BCUT2D eigenvalue weighted by molar-refractivity contribution is -0.124. The molecule has 1 atom stereocenters. The molecule has 0 aromatic heterocycles. The Hall–Kier alpha value is -2.55. The highest BCUT2D eigenvalue weighted by Crippen LogP contribution is 2.20. The highest BCUT2D eigenvalue weighted by molar-refractivity contribution is 6.30. The van der Waals surface area contributed by atoms with Gasteiger partial charge in [0.15, 0.2) is 13.2 Å². The zero-order valence-corrected chi connectivity index (χ0v) is 17.4. The molecule has 0 bridgehead atoms. The minimum Gasteiger partial charge on any atom is -0.484 e. The Balaban J connectivity index is 1.56. The standard InChI is InChI=1S/C20H21Cl2FN2O5/c21-13-1-3-15(4-2-13)29-11-19(27)24-8-7-14(26)10-25-20(28)12-30-16-5-6-17(22)18(23)9-16/h1-6,9,14,26H,7-8,10-12H2,(H,24,27)(H,25,28)/t14-/m0/s1. The molecule has 2 amide bonds. The maximum absolute atomic E-state index is 13.3. The van der Waals surface area contributed by atoms with Crippen molar-refractivity contribution in [1.82, 2.24) is 10.6 Å². The summed E-state index contributed by atoms with van der Waals surface area (Å²) in [6, 6.07) is 10.4. The second-order valence-corrected chi connectivity index (χ2v) is 7.05. The first kappa shape index (κ1) is 23.7. The zero-order valence-electron chi connectivity index (χ0n) is 15.9. The molecule has 2 aromatic rings. The molecule has 2 rings (SSSR count). The van der Waals surface area contributed by atoms with Crippen molar-refractivity contribution >= 4 is 35.0 Å². The van der Waals surface area contributed by atoms with Crippen LogP contribution in [0, 0.1) is 5.82 Å². The molecule has 0 radical (unpaired) electrons. The molecule has 7 nitrogen and oxygen atoms in total. The maximum atomic E-state index is 13.3. The van der Waals surface area contributed by atoms with E-state index in [2.05, 4.69) is 10.6 Å². The quantitative estimate of drug-likeness (QED) is 0.480. The van der Waals surface area contributed by atoms with Crippen LogP contribution in [0.1, 0.15) is 6.42 Å². The molecule has 0 heterocycles. The summed E-state index contributed by atoms with van der Waals surface area (Å²) in [5.74, 6) is -0.794. The van der Waals surface area contributed by atoms with E-state index in [0.29, 0.717) is 10.8 Å². The monoisotopic (exact) mass is 458 g/mol. The van der Waals surface area contributed by atoms with Crippen molar-refractivity contribution in [3.63, 3.8) is 0 Å². The maximum Gasteiger partial charge on any atom is 0.258 e. The molecule has 30 heavy (non-hydrogen) atoms. The highest BCUT2D eigenvalue weighted by Gasteiger charge is 2.10. The summed E-state index contributed by atoms with van der Waals surface area (Å²) in [6.07, 6.45) is -0.629. The first-order valence-corrected chi connectivity index (χ1v) is 9.77. The summed E-state index contributed by atoms with van der Waals surface area (Å²) in [4.78, 5) is 23.5. The van der Waals surface area contributed by atoms with Crippen LogP contribution in [0.2, 0.25) is 10.0 Å². The average Bonchev–Trinajstić information content (AvgIpc) is 2.72. The molecule has 0 spiro atoms. The number of amides is 2. The number of halogens is 3. The van der Waals surface area contributed by atoms with Crippen molar-refractivity contribution in [3.05, 3.63) is 58.3 Å². The fourth-order valence-electron chi connectivity index (χ4n) is 2.21. The molecule has 3 N–H and O–H groups in total. The van der Waals surface area contributed by atoms with Gasteiger partial charge in [0.1, 0.15) is 17.3 Å². The third kappa shape index (κ3) is 8.86. The Morgan fingerprint density at radius 3 is 2.23 bits per heavy atom. The summed E-state index contributed by atoms with van der Waals surface area (Å²) < 4.78 is 23.7. The van der Waals surface area contributed by atoms with Crippen LogP contribution in [0.15, 0.2) is 42.5 Å². The molecular weight excluding hydrogens is 438 g/mol. The van der Waals surface area contributed by atoms with E-state index in [1.54, 1.807) is 24.3 Å². The Morgan fingerprint density at radius 2 is 1.57 bits per heavy atom. The molecule has 0 saturated carbocycles. The largest absolute Gasteiger partial charge is 0.484 e. The zero-order chi connectivity index (χ0) is 21.9. The van der Waals surface area contributed by atoms with Gasteiger partial charge in [0, 0.05) is 24.2 Å². The van der Waals surface area contributed by atoms with Gasteiger partial charge in [0.05, 0.1) is 11.1 Å². The fourth-order valence-corrected chi connectivity index (χ4v) is 2.45. The lowest BCUT2D eigenvalue weighted by atomic mass is 10.2. The molecule has 0 unspecified atom stereocenters. The van der Waals surface area contributed by atoms with Crippen molar-refractivity contribution in [2.24, 2.45) is 0 Å². The van der Waals surface area contributed by atoms with Crippen LogP contribution in [0.3, 0.4) is 0 Å². The number of rotatable bonds is 11. The molecule has 162 valence electrons. The van der Waals surface area contributed by atoms with Gasteiger partial charge in [-0.05, 0) is 42.8 Å². The molecule has 0 aliphatic heterocycles. The minimum atomic E-state index is -0.862. The third-order valence-electron chi connectivity index (χ3n) is 3.78. The van der Waals surface area contributed by atoms with Crippen LogP contribution in [-0.4, -0.2) is 49.3 Å². The first-order chi connectivity index (χ1) is 14.3. The fraction of sp³-hybridized carbons (Fsp3) is 0.300. The van der Waals surface area contributed by atoms with E-state index in [1.807, 2.05) is 0 Å². The predicted molar refractivity (Wildman–Crippen MR) is 110 cm³/mol. The van der Waals surface area contributed by atoms with Gasteiger partial charge in [-0.25, -0.2) is 4.39 Å². The van der Waals surface area contributed by atoms with Gasteiger partial charge in [-0.3, -0.25) is 9.59 Å². The van der Waals surface area contributed by atoms with E-state index >= 15 is 0 Å². The van der Waals surface area contributed by atoms with Crippen LogP contribution >= 0.6 is 23.2 Å². The van der Waals surface area contributed by atoms with Crippen molar-refractivity contribution in [3.8, 4) is 11.5 Å². The first-order valence-electron chi connectivity index (χ1n) is 9.01. The smallest absolute Gasteiger partial charge is 0.258 e. The molecule has 0 fully saturated rings. The number of nitrogens with one attached hydrogen (secondary N) is 2. The summed E-state index contributed by atoms with van der Waals surface area (Å²) in [7, 11) is 0. The number of hydrogen-bond acceptors (Lipinski definition) is 5. The van der Waals surface area contributed by atoms with E-state index in [9.17, 15) is 19.1 Å². The normalized spacial score (nSPS) is 11.5. The van der Waals surface area contributed by atoms with Gasteiger partial charge in [-0.15, -0.1) is 0 Å². The van der Waals surface area contributed by atoms with Gasteiger partial charge in [-0.1, -0.05) is 23.2 Å². The van der Waals surface area contributed by atoms with Gasteiger partial charge in [0.2, 0.25) is 0 Å². The van der Waals surface area contributed by atoms with Crippen molar-refractivity contribution in [2.45, 2.75) is 12.5 Å². The van der Waals surface area contributed by atoms with Gasteiger partial charge >= 0.3 is 0 Å². The minimum absolute atomic E-state index is 0.0195. The summed E-state index contributed by atoms with van der Waals surface area (Å²) in [5.41, 5.74) is 0. The number of hydrogen-bond donors (Lipinski definition) is 3. The second kappa shape index (κ2) is 12.2. The second-order valence-electron chi connectivity index (χ2n) is 6.20. The van der Waals surface area contributed by atoms with Crippen LogP contribution in [0.25, 0.3) is 0 Å². The van der Waals surface area contributed by atoms with E-state index in [-0.39, 0.29) is 49.4 Å². The molecule has 0 saturated heterocycles. The molecular formula is C20H21Cl2FN2O5. The predicted octanol–water partition coefficient (Wildman–Crippen LogP) is 2.57. The van der Waals surface area contributed by atoms with E-state index in [0.717, 1.165) is 6.07 Å². The van der Waals surface area contributed by atoms with Crippen LogP contribution in [0.4, 0.5) is 4.39 Å². The SMILES string of the molecule is O=C(COc1ccc(Cl)cc1)NCC[C@H](O)CNC(=O)COc1ccc(Cl)c(F)c1. The van der Waals surface area contributed by atoms with Crippen molar-refractivity contribution in [2.75, 3.05) is 26.3 Å². The molecule has 0 aliphatic rings. The van der Waals surface area contributed by atoms with Crippen LogP contribution in [-0.2, 0) is 9.59 Å². The number of aliphatic hydroxyl groups excluding tert-OH is 1. The molecule has 2 aromatic carbocycles. The number of carbonyl (C=O) groups is 2. The third-order valence-corrected chi connectivity index (χ3v) is 4.34. The number of benzene rings is 2. The van der Waals surface area contributed by atoms with Gasteiger partial charge < -0.3 is 25.2 Å². The Bertz CT molecular complexity index is 852. The topological polar surface area (TPSA) is 96.9 Å². The van der Waals surface area contributed by atoms with Gasteiger partial charge in [0.25, 0.3) is 11.8 Å². The van der Waals surface area contributed by atoms with Crippen molar-refractivity contribution in [1.29, 1.82) is 0 Å². The Kier molecular flexibility index (Phi) is 9.66. The van der Waals surface area contributed by atoms with Crippen molar-refractivity contribution < 1.29 is 28.6 Å². The Morgan fingerprint density at radius 1 is 0.967 bits per heavy atom. The number of aliphatic hydroxyl groups is 1. The highest BCUT2D eigenvalue weighted by atomic mass is 35.5. The average molecular weight is 459 g/mol. The molecule has 0 aliphatic carbocycles. The molecule has 10 heteroatoms. The van der Waals surface area contributed by atoms with E-state index in [1.165, 1.54) is 12.1 Å². The van der Waals surface area contributed by atoms with E-state index < -0.39 is 17.8 Å². The summed E-state index contributed by atoms with van der Waals surface area (Å²) in [6.45, 7) is -0.321.